The molecule has 0 aromatic rings. The van der Waals surface area contributed by atoms with Crippen molar-refractivity contribution in [3.8, 4) is 0 Å². The van der Waals surface area contributed by atoms with Gasteiger partial charge >= 0.3 is 11.9 Å². The van der Waals surface area contributed by atoms with Crippen LogP contribution in [0.25, 0.3) is 0 Å². The Hall–Kier alpha value is -1.32. The topological polar surface area (TPSA) is 52.6 Å². The lowest BCUT2D eigenvalue weighted by Crippen LogP contribution is -2.33. The highest BCUT2D eigenvalue weighted by atomic mass is 16.5. The van der Waals surface area contributed by atoms with Crippen molar-refractivity contribution in [1.29, 1.82) is 0 Å². The number of unbranched alkanes of at least 4 members (excludes halogenated alkanes) is 15. The fraction of sp³-hybridized carbons (Fsp3) is 0.852. The first-order valence-electron chi connectivity index (χ1n) is 13.1. The van der Waals surface area contributed by atoms with Crippen molar-refractivity contribution < 1.29 is 19.1 Å². The Labute approximate surface area is 191 Å². The van der Waals surface area contributed by atoms with E-state index in [9.17, 15) is 9.59 Å². The van der Waals surface area contributed by atoms with Gasteiger partial charge in [0, 0.05) is 0 Å². The highest BCUT2D eigenvalue weighted by molar-refractivity contribution is 5.82. The molecular weight excluding hydrogens is 388 g/mol. The van der Waals surface area contributed by atoms with E-state index in [2.05, 4.69) is 6.92 Å². The van der Waals surface area contributed by atoms with Crippen molar-refractivity contribution in [3.63, 3.8) is 0 Å². The first kappa shape index (κ1) is 27.7. The Kier molecular flexibility index (Phi) is 17.3. The number of allylic oxidation sites excluding steroid dienone is 2. The third kappa shape index (κ3) is 13.6. The SMILES string of the molecule is CCCCCCCCCCCCCCCCCCOC(=O)C1CC=CCC1C(=O)OC. The van der Waals surface area contributed by atoms with Crippen molar-refractivity contribution in [2.75, 3.05) is 13.7 Å². The minimum atomic E-state index is -0.395. The third-order valence-corrected chi connectivity index (χ3v) is 6.48. The summed E-state index contributed by atoms with van der Waals surface area (Å²) in [5.41, 5.74) is 0. The number of ether oxygens (including phenoxy) is 2. The van der Waals surface area contributed by atoms with Crippen molar-refractivity contribution in [3.05, 3.63) is 12.2 Å². The minimum Gasteiger partial charge on any atom is -0.469 e. The molecule has 180 valence electrons. The van der Waals surface area contributed by atoms with Gasteiger partial charge in [-0.25, -0.2) is 0 Å². The van der Waals surface area contributed by atoms with E-state index < -0.39 is 11.8 Å². The van der Waals surface area contributed by atoms with E-state index in [-0.39, 0.29) is 11.9 Å². The summed E-state index contributed by atoms with van der Waals surface area (Å²) in [6, 6.07) is 0. The van der Waals surface area contributed by atoms with Crippen LogP contribution in [-0.2, 0) is 19.1 Å². The number of hydrogen-bond donors (Lipinski definition) is 0. The molecule has 1 aliphatic rings. The Morgan fingerprint density at radius 3 is 1.45 bits per heavy atom. The second kappa shape index (κ2) is 19.4. The van der Waals surface area contributed by atoms with Gasteiger partial charge < -0.3 is 9.47 Å². The molecule has 0 spiro atoms. The predicted octanol–water partition coefficient (Wildman–Crippen LogP) is 7.55. The quantitative estimate of drug-likeness (QED) is 0.119. The molecule has 1 aliphatic carbocycles. The van der Waals surface area contributed by atoms with E-state index in [1.165, 1.54) is 97.0 Å². The summed E-state index contributed by atoms with van der Waals surface area (Å²) in [5.74, 6) is -1.35. The van der Waals surface area contributed by atoms with Gasteiger partial charge in [-0.1, -0.05) is 115 Å². The van der Waals surface area contributed by atoms with E-state index in [0.717, 1.165) is 12.8 Å². The largest absolute Gasteiger partial charge is 0.469 e. The summed E-state index contributed by atoms with van der Waals surface area (Å²) in [4.78, 5) is 24.2. The van der Waals surface area contributed by atoms with Crippen LogP contribution in [0.15, 0.2) is 12.2 Å². The number of carbonyl (C=O) groups excluding carboxylic acids is 2. The zero-order valence-electron chi connectivity index (χ0n) is 20.4. The molecule has 0 N–H and O–H groups in total. The van der Waals surface area contributed by atoms with E-state index in [1.54, 1.807) is 0 Å². The van der Waals surface area contributed by atoms with Crippen LogP contribution in [0.1, 0.15) is 122 Å². The molecule has 0 aromatic carbocycles. The summed E-state index contributed by atoms with van der Waals surface area (Å²) in [7, 11) is 1.37. The Balaban J connectivity index is 1.88. The van der Waals surface area contributed by atoms with Crippen LogP contribution in [0.3, 0.4) is 0 Å². The van der Waals surface area contributed by atoms with Crippen LogP contribution >= 0.6 is 0 Å². The highest BCUT2D eigenvalue weighted by Crippen LogP contribution is 2.28. The standard InChI is InChI=1S/C27H48O4/c1-3-4-5-6-7-8-9-10-11-12-13-14-15-16-17-20-23-31-27(29)25-22-19-18-21-24(25)26(28)30-2/h18-19,24-25H,3-17,20-23H2,1-2H3. The van der Waals surface area contributed by atoms with Gasteiger partial charge in [-0.2, -0.15) is 0 Å². The molecule has 2 atom stereocenters. The normalized spacial score (nSPS) is 18.1. The van der Waals surface area contributed by atoms with Gasteiger partial charge in [0.2, 0.25) is 0 Å². The van der Waals surface area contributed by atoms with E-state index in [1.807, 2.05) is 12.2 Å². The zero-order chi connectivity index (χ0) is 22.6. The molecule has 0 amide bonds. The lowest BCUT2D eigenvalue weighted by Gasteiger charge is -2.24. The summed E-state index contributed by atoms with van der Waals surface area (Å²) in [5, 5.41) is 0. The molecule has 0 saturated heterocycles. The molecule has 0 radical (unpaired) electrons. The van der Waals surface area contributed by atoms with E-state index in [0.29, 0.717) is 19.4 Å². The molecule has 2 unspecified atom stereocenters. The van der Waals surface area contributed by atoms with Crippen LogP contribution in [0, 0.1) is 11.8 Å². The van der Waals surface area contributed by atoms with Gasteiger partial charge in [0.05, 0.1) is 25.6 Å². The molecule has 0 bridgehead atoms. The number of carbonyl (C=O) groups is 2. The smallest absolute Gasteiger partial charge is 0.310 e. The van der Waals surface area contributed by atoms with Gasteiger partial charge in [0.15, 0.2) is 0 Å². The summed E-state index contributed by atoms with van der Waals surface area (Å²) in [6.45, 7) is 2.74. The molecule has 0 aliphatic heterocycles. The first-order chi connectivity index (χ1) is 15.2. The maximum Gasteiger partial charge on any atom is 0.310 e. The fourth-order valence-corrected chi connectivity index (χ4v) is 4.42. The molecule has 0 fully saturated rings. The van der Waals surface area contributed by atoms with Gasteiger partial charge in [-0.05, 0) is 19.3 Å². The minimum absolute atomic E-state index is 0.249. The van der Waals surface area contributed by atoms with Crippen LogP contribution in [0.4, 0.5) is 0 Å². The van der Waals surface area contributed by atoms with E-state index >= 15 is 0 Å². The van der Waals surface area contributed by atoms with Gasteiger partial charge in [0.25, 0.3) is 0 Å². The lowest BCUT2D eigenvalue weighted by molar-refractivity contribution is -0.159. The van der Waals surface area contributed by atoms with Crippen molar-refractivity contribution in [1.82, 2.24) is 0 Å². The van der Waals surface area contributed by atoms with Gasteiger partial charge in [-0.3, -0.25) is 9.59 Å². The molecule has 0 aromatic heterocycles. The highest BCUT2D eigenvalue weighted by Gasteiger charge is 2.35. The average Bonchev–Trinajstić information content (AvgIpc) is 2.80. The lowest BCUT2D eigenvalue weighted by atomic mass is 9.83. The molecule has 1 rings (SSSR count). The molecule has 0 heterocycles. The molecule has 4 nitrogen and oxygen atoms in total. The molecule has 0 saturated carbocycles. The van der Waals surface area contributed by atoms with E-state index in [4.69, 9.17) is 9.47 Å². The van der Waals surface area contributed by atoms with Crippen molar-refractivity contribution >= 4 is 11.9 Å². The maximum atomic E-state index is 12.3. The first-order valence-corrected chi connectivity index (χ1v) is 13.1. The number of hydrogen-bond acceptors (Lipinski definition) is 4. The summed E-state index contributed by atoms with van der Waals surface area (Å²) in [6.07, 6.45) is 26.3. The van der Waals surface area contributed by atoms with Crippen LogP contribution in [0.2, 0.25) is 0 Å². The van der Waals surface area contributed by atoms with Crippen molar-refractivity contribution in [2.45, 2.75) is 122 Å². The third-order valence-electron chi connectivity index (χ3n) is 6.48. The Morgan fingerprint density at radius 2 is 1.03 bits per heavy atom. The summed E-state index contributed by atoms with van der Waals surface area (Å²) >= 11 is 0. The number of methoxy groups -OCH3 is 1. The van der Waals surface area contributed by atoms with Gasteiger partial charge in [-0.15, -0.1) is 0 Å². The Morgan fingerprint density at radius 1 is 0.645 bits per heavy atom. The van der Waals surface area contributed by atoms with Crippen LogP contribution in [0.5, 0.6) is 0 Å². The van der Waals surface area contributed by atoms with Crippen LogP contribution in [-0.4, -0.2) is 25.7 Å². The molecular formula is C27H48O4. The van der Waals surface area contributed by atoms with Crippen LogP contribution < -0.4 is 0 Å². The zero-order valence-corrected chi connectivity index (χ0v) is 20.4. The predicted molar refractivity (Wildman–Crippen MR) is 128 cm³/mol. The van der Waals surface area contributed by atoms with Crippen molar-refractivity contribution in [2.24, 2.45) is 11.8 Å². The summed E-state index contributed by atoms with van der Waals surface area (Å²) < 4.78 is 10.3. The van der Waals surface area contributed by atoms with Gasteiger partial charge in [0.1, 0.15) is 0 Å². The fourth-order valence-electron chi connectivity index (χ4n) is 4.42. The second-order valence-electron chi connectivity index (χ2n) is 9.15. The second-order valence-corrected chi connectivity index (χ2v) is 9.15. The molecule has 31 heavy (non-hydrogen) atoms. The molecule has 4 heteroatoms. The average molecular weight is 437 g/mol. The number of rotatable bonds is 19. The maximum absolute atomic E-state index is 12.3. The Bertz CT molecular complexity index is 486. The monoisotopic (exact) mass is 436 g/mol. The number of esters is 2.